The Balaban J connectivity index is 1.64. The summed E-state index contributed by atoms with van der Waals surface area (Å²) in [7, 11) is 0. The molecule has 8 heteroatoms. The quantitative estimate of drug-likeness (QED) is 0.599. The van der Waals surface area contributed by atoms with Crippen LogP contribution in [0.25, 0.3) is 0 Å². The van der Waals surface area contributed by atoms with E-state index in [1.807, 2.05) is 24.3 Å². The molecule has 7 nitrogen and oxygen atoms in total. The van der Waals surface area contributed by atoms with Crippen LogP contribution in [0.1, 0.15) is 37.7 Å². The average Bonchev–Trinajstić information content (AvgIpc) is 3.19. The van der Waals surface area contributed by atoms with Gasteiger partial charge in [-0.2, -0.15) is 5.10 Å². The smallest absolute Gasteiger partial charge is 0.305 e. The summed E-state index contributed by atoms with van der Waals surface area (Å²) in [5, 5.41) is 18.9. The maximum Gasteiger partial charge on any atom is 0.305 e. The summed E-state index contributed by atoms with van der Waals surface area (Å²) in [5.74, 6) is -0.605. The van der Waals surface area contributed by atoms with Gasteiger partial charge in [0.05, 0.1) is 18.7 Å². The predicted molar refractivity (Wildman–Crippen MR) is 96.1 cm³/mol. The molecule has 1 heterocycles. The molecule has 1 aliphatic carbocycles. The second-order valence-corrected chi connectivity index (χ2v) is 7.10. The van der Waals surface area contributed by atoms with Crippen molar-refractivity contribution in [3.8, 4) is 5.75 Å². The van der Waals surface area contributed by atoms with Crippen molar-refractivity contribution < 1.29 is 19.4 Å². The molecule has 1 aromatic carbocycles. The topological polar surface area (TPSA) is 100 Å². The van der Waals surface area contributed by atoms with Gasteiger partial charge in [0, 0.05) is 5.56 Å². The number of benzene rings is 1. The third-order valence-corrected chi connectivity index (χ3v) is 5.07. The number of carbonyl (C=O) groups excluding carboxylic acids is 1. The Labute approximate surface area is 149 Å². The van der Waals surface area contributed by atoms with Gasteiger partial charge in [-0.05, 0) is 37.8 Å². The molecule has 1 atom stereocenters. The van der Waals surface area contributed by atoms with Gasteiger partial charge < -0.3 is 15.2 Å². The number of carboxylic acid groups (broad SMARTS) is 1. The maximum absolute atomic E-state index is 11.7. The van der Waals surface area contributed by atoms with Crippen LogP contribution in [0.2, 0.25) is 0 Å². The Kier molecular flexibility index (Phi) is 5.70. The molecule has 1 aromatic rings. The molecule has 0 aromatic heterocycles. The number of amides is 1. The standard InChI is InChI=1S/C17H19N3O4S/c21-15(22)9-14-16(23)19-17(25-14)20-18-10-11-5-1-4-8-13(11)24-12-6-2-3-7-12/h1,4-5,8,10,12,14H,2-3,6-7,9H2,(H,21,22)(H,19,20,23). The van der Waals surface area contributed by atoms with E-state index < -0.39 is 11.2 Å². The van der Waals surface area contributed by atoms with E-state index in [1.54, 1.807) is 6.21 Å². The second-order valence-electron chi connectivity index (χ2n) is 5.91. The van der Waals surface area contributed by atoms with Crippen LogP contribution in [0, 0.1) is 0 Å². The van der Waals surface area contributed by atoms with Gasteiger partial charge in [-0.1, -0.05) is 23.9 Å². The van der Waals surface area contributed by atoms with Gasteiger partial charge in [-0.15, -0.1) is 5.10 Å². The van der Waals surface area contributed by atoms with E-state index in [9.17, 15) is 9.59 Å². The van der Waals surface area contributed by atoms with E-state index in [1.165, 1.54) is 12.8 Å². The summed E-state index contributed by atoms with van der Waals surface area (Å²) >= 11 is 1.08. The minimum Gasteiger partial charge on any atom is -0.490 e. The number of carbonyl (C=O) groups is 2. The minimum atomic E-state index is -1.02. The van der Waals surface area contributed by atoms with Crippen molar-refractivity contribution in [2.75, 3.05) is 0 Å². The van der Waals surface area contributed by atoms with Gasteiger partial charge in [0.2, 0.25) is 5.91 Å². The van der Waals surface area contributed by atoms with Gasteiger partial charge in [0.1, 0.15) is 11.0 Å². The van der Waals surface area contributed by atoms with Crippen molar-refractivity contribution in [3.63, 3.8) is 0 Å². The van der Waals surface area contributed by atoms with Gasteiger partial charge in [0.25, 0.3) is 0 Å². The molecule has 1 saturated carbocycles. The number of rotatable bonds is 6. The van der Waals surface area contributed by atoms with Crippen molar-refractivity contribution in [3.05, 3.63) is 29.8 Å². The zero-order valence-electron chi connectivity index (χ0n) is 13.6. The second kappa shape index (κ2) is 8.15. The van der Waals surface area contributed by atoms with Crippen LogP contribution >= 0.6 is 11.8 Å². The van der Waals surface area contributed by atoms with Crippen LogP contribution in [-0.4, -0.2) is 39.7 Å². The van der Waals surface area contributed by atoms with Crippen molar-refractivity contribution in [1.29, 1.82) is 0 Å². The summed E-state index contributed by atoms with van der Waals surface area (Å²) in [6.07, 6.45) is 6.13. The third kappa shape index (κ3) is 4.82. The first kappa shape index (κ1) is 17.5. The van der Waals surface area contributed by atoms with Crippen molar-refractivity contribution in [2.24, 2.45) is 10.2 Å². The predicted octanol–water partition coefficient (Wildman–Crippen LogP) is 2.40. The van der Waals surface area contributed by atoms with Crippen molar-refractivity contribution in [1.82, 2.24) is 5.32 Å². The number of hydrogen-bond donors (Lipinski definition) is 2. The third-order valence-electron chi connectivity index (χ3n) is 4.00. The number of thioether (sulfide) groups is 1. The van der Waals surface area contributed by atoms with E-state index >= 15 is 0 Å². The molecule has 132 valence electrons. The van der Waals surface area contributed by atoms with Gasteiger partial charge in [-0.3, -0.25) is 9.59 Å². The van der Waals surface area contributed by atoms with Crippen molar-refractivity contribution in [2.45, 2.75) is 43.5 Å². The van der Waals surface area contributed by atoms with Gasteiger partial charge in [0.15, 0.2) is 5.17 Å². The van der Waals surface area contributed by atoms with E-state index in [0.717, 1.165) is 35.9 Å². The number of amidine groups is 1. The zero-order chi connectivity index (χ0) is 17.6. The highest BCUT2D eigenvalue weighted by Gasteiger charge is 2.32. The monoisotopic (exact) mass is 361 g/mol. The first-order chi connectivity index (χ1) is 12.1. The molecule has 3 rings (SSSR count). The molecular weight excluding hydrogens is 342 g/mol. The summed E-state index contributed by atoms with van der Waals surface area (Å²) in [6, 6.07) is 7.60. The molecule has 1 unspecified atom stereocenters. The molecular formula is C17H19N3O4S. The minimum absolute atomic E-state index is 0.239. The Hall–Kier alpha value is -2.35. The highest BCUT2D eigenvalue weighted by molar-refractivity contribution is 8.15. The Morgan fingerprint density at radius 2 is 2.12 bits per heavy atom. The fourth-order valence-electron chi connectivity index (χ4n) is 2.77. The highest BCUT2D eigenvalue weighted by atomic mass is 32.2. The fourth-order valence-corrected chi connectivity index (χ4v) is 3.68. The Morgan fingerprint density at radius 1 is 1.36 bits per heavy atom. The molecule has 2 fully saturated rings. The molecule has 25 heavy (non-hydrogen) atoms. The summed E-state index contributed by atoms with van der Waals surface area (Å²) in [5.41, 5.74) is 0.815. The highest BCUT2D eigenvalue weighted by Crippen LogP contribution is 2.26. The summed E-state index contributed by atoms with van der Waals surface area (Å²) in [4.78, 5) is 22.4. The largest absolute Gasteiger partial charge is 0.490 e. The van der Waals surface area contributed by atoms with E-state index in [4.69, 9.17) is 9.84 Å². The molecule has 0 radical (unpaired) electrons. The molecule has 1 amide bonds. The van der Waals surface area contributed by atoms with Crippen molar-refractivity contribution >= 4 is 35.0 Å². The van der Waals surface area contributed by atoms with Crippen LogP contribution in [-0.2, 0) is 9.59 Å². The van der Waals surface area contributed by atoms with Gasteiger partial charge >= 0.3 is 5.97 Å². The Morgan fingerprint density at radius 3 is 2.88 bits per heavy atom. The lowest BCUT2D eigenvalue weighted by Gasteiger charge is -2.14. The summed E-state index contributed by atoms with van der Waals surface area (Å²) in [6.45, 7) is 0. The summed E-state index contributed by atoms with van der Waals surface area (Å²) < 4.78 is 6.03. The number of ether oxygens (including phenoxy) is 1. The first-order valence-electron chi connectivity index (χ1n) is 8.18. The maximum atomic E-state index is 11.7. The van der Waals surface area contributed by atoms with Crippen LogP contribution in [0.4, 0.5) is 0 Å². The SMILES string of the molecule is O=C(O)CC1SC(=NN=Cc2ccccc2OC2CCCC2)NC1=O. The van der Waals surface area contributed by atoms with E-state index in [0.29, 0.717) is 5.17 Å². The number of nitrogens with one attached hydrogen (secondary N) is 1. The number of aliphatic carboxylic acids is 1. The number of hydrogen-bond acceptors (Lipinski definition) is 6. The van der Waals surface area contributed by atoms with Crippen LogP contribution < -0.4 is 10.1 Å². The number of nitrogens with zero attached hydrogens (tertiary/aromatic N) is 2. The van der Waals surface area contributed by atoms with Crippen LogP contribution in [0.15, 0.2) is 34.5 Å². The fraction of sp³-hybridized carbons (Fsp3) is 0.412. The van der Waals surface area contributed by atoms with E-state index in [2.05, 4.69) is 15.5 Å². The molecule has 2 N–H and O–H groups in total. The lowest BCUT2D eigenvalue weighted by atomic mass is 10.2. The molecule has 0 bridgehead atoms. The molecule has 2 aliphatic rings. The van der Waals surface area contributed by atoms with E-state index in [-0.39, 0.29) is 18.4 Å². The molecule has 1 saturated heterocycles. The normalized spacial score (nSPS) is 22.6. The van der Waals surface area contributed by atoms with Gasteiger partial charge in [-0.25, -0.2) is 0 Å². The lowest BCUT2D eigenvalue weighted by Crippen LogP contribution is -2.26. The lowest BCUT2D eigenvalue weighted by molar-refractivity contribution is -0.138. The number of para-hydroxylation sites is 1. The number of carboxylic acids is 1. The zero-order valence-corrected chi connectivity index (χ0v) is 14.4. The molecule has 0 spiro atoms. The van der Waals surface area contributed by atoms with Crippen LogP contribution in [0.5, 0.6) is 5.75 Å². The Bertz CT molecular complexity index is 714. The van der Waals surface area contributed by atoms with Crippen LogP contribution in [0.3, 0.4) is 0 Å². The average molecular weight is 361 g/mol. The molecule has 1 aliphatic heterocycles. The first-order valence-corrected chi connectivity index (χ1v) is 9.06.